The lowest BCUT2D eigenvalue weighted by Crippen LogP contribution is -2.72. The van der Waals surface area contributed by atoms with Crippen molar-refractivity contribution in [2.45, 2.75) is 417 Å². The van der Waals surface area contributed by atoms with Crippen molar-refractivity contribution in [3.05, 3.63) is 0 Å². The van der Waals surface area contributed by atoms with Crippen LogP contribution in [-0.2, 0) is 76.1 Å². The number of rotatable bonds is 58. The number of ketones is 1. The Bertz CT molecular complexity index is 2810. The number of aliphatic hydroxyl groups is 16. The quantitative estimate of drug-likeness (QED) is 0.0345. The van der Waals surface area contributed by atoms with Crippen molar-refractivity contribution < 1.29 is 168 Å². The second-order valence-corrected chi connectivity index (χ2v) is 32.1. The van der Waals surface area contributed by atoms with Crippen LogP contribution in [0.5, 0.6) is 0 Å². The van der Waals surface area contributed by atoms with Crippen molar-refractivity contribution in [3.63, 3.8) is 0 Å². The average Bonchev–Trinajstić information content (AvgIpc) is 0.751. The van der Waals surface area contributed by atoms with Gasteiger partial charge in [-0.1, -0.05) is 187 Å². The molecule has 29 atom stereocenters. The lowest BCUT2D eigenvalue weighted by molar-refractivity contribution is -0.404. The van der Waals surface area contributed by atoms with Gasteiger partial charge in [0.15, 0.2) is 18.9 Å². The highest BCUT2D eigenvalue weighted by molar-refractivity contribution is 5.78. The van der Waals surface area contributed by atoms with Crippen LogP contribution in [0.4, 0.5) is 0 Å². The molecule has 0 bridgehead atoms. The fourth-order valence-corrected chi connectivity index (χ4v) is 16.0. The van der Waals surface area contributed by atoms with Crippen LogP contribution in [0.2, 0.25) is 0 Å². The maximum absolute atomic E-state index is 14.2. The first-order valence-electron chi connectivity index (χ1n) is 42.3. The molecule has 5 aliphatic heterocycles. The SMILES string of the molecule is CCCCCCCCCCCCCCCCCC(=O)NC(COC1OC(CO)C(OC2OC(CO)C(OC3OC(CO)C(O)C(O)C3CC(C)=O)C(OC3(C(=O)O)CC(O)C(NC(C)=O)C(C(O)C(CO)OC4(C(=O)O)CC(O)C(NC(C)=O)C(C(O)C(O)CO)O4)O3)C2O)C(O)C1O)C(O)CCCCCCCCCCCCCCC. The van der Waals surface area contributed by atoms with E-state index in [1.54, 1.807) is 0 Å². The number of ether oxygens (including phenoxy) is 10. The summed E-state index contributed by atoms with van der Waals surface area (Å²) in [5.74, 6) is -15.8. The summed E-state index contributed by atoms with van der Waals surface area (Å²) in [6.07, 6.45) is -21.0. The molecule has 116 heavy (non-hydrogen) atoms. The molecule has 3 amide bonds. The molecule has 0 saturated carbocycles. The maximum Gasteiger partial charge on any atom is 0.364 e. The van der Waals surface area contributed by atoms with Gasteiger partial charge in [-0.05, 0) is 19.8 Å². The van der Waals surface area contributed by atoms with Gasteiger partial charge in [-0.15, -0.1) is 0 Å². The van der Waals surface area contributed by atoms with Gasteiger partial charge in [0.1, 0.15) is 103 Å². The molecule has 5 heterocycles. The molecule has 676 valence electrons. The Kier molecular flexibility index (Phi) is 46.9. The van der Waals surface area contributed by atoms with Crippen LogP contribution in [0.1, 0.15) is 247 Å². The Morgan fingerprint density at radius 1 is 0.457 bits per heavy atom. The molecule has 0 aromatic heterocycles. The number of unbranched alkanes of at least 4 members (excludes halogenated alkanes) is 26. The minimum atomic E-state index is -3.57. The van der Waals surface area contributed by atoms with Gasteiger partial charge in [-0.25, -0.2) is 9.59 Å². The van der Waals surface area contributed by atoms with Crippen molar-refractivity contribution >= 4 is 35.4 Å². The number of carboxylic acid groups (broad SMARTS) is 2. The van der Waals surface area contributed by atoms with Gasteiger partial charge >= 0.3 is 11.9 Å². The molecular weight excluding hydrogens is 1530 g/mol. The third-order valence-electron chi connectivity index (χ3n) is 22.6. The molecular formula is C79H141N3O34. The molecule has 5 saturated heterocycles. The van der Waals surface area contributed by atoms with Crippen LogP contribution in [0.3, 0.4) is 0 Å². The Labute approximate surface area is 679 Å². The Hall–Kier alpha value is -4.02. The van der Waals surface area contributed by atoms with Crippen LogP contribution in [0, 0.1) is 5.92 Å². The van der Waals surface area contributed by atoms with E-state index >= 15 is 0 Å². The third kappa shape index (κ3) is 31.1. The molecule has 37 heteroatoms. The van der Waals surface area contributed by atoms with Crippen LogP contribution >= 0.6 is 0 Å². The van der Waals surface area contributed by atoms with Gasteiger partial charge in [0.2, 0.25) is 17.7 Å². The second-order valence-electron chi connectivity index (χ2n) is 32.1. The third-order valence-corrected chi connectivity index (χ3v) is 22.6. The molecule has 5 aliphatic rings. The zero-order chi connectivity index (χ0) is 85.8. The van der Waals surface area contributed by atoms with E-state index in [4.69, 9.17) is 47.4 Å². The maximum atomic E-state index is 14.2. The first-order chi connectivity index (χ1) is 55.3. The lowest BCUT2D eigenvalue weighted by Gasteiger charge is -2.52. The zero-order valence-electron chi connectivity index (χ0n) is 68.2. The second kappa shape index (κ2) is 53.1. The summed E-state index contributed by atoms with van der Waals surface area (Å²) in [5, 5.41) is 211. The minimum absolute atomic E-state index is 0.139. The van der Waals surface area contributed by atoms with Crippen LogP contribution in [0.15, 0.2) is 0 Å². The molecule has 0 aromatic rings. The molecule has 29 unspecified atom stereocenters. The van der Waals surface area contributed by atoms with E-state index in [9.17, 15) is 121 Å². The fraction of sp³-hybridized carbons (Fsp3) is 0.924. The summed E-state index contributed by atoms with van der Waals surface area (Å²) in [6, 6.07) is -4.86. The van der Waals surface area contributed by atoms with Crippen molar-refractivity contribution in [2.75, 3.05) is 39.6 Å². The van der Waals surface area contributed by atoms with E-state index in [0.717, 1.165) is 85.0 Å². The molecule has 0 aliphatic carbocycles. The van der Waals surface area contributed by atoms with Crippen LogP contribution < -0.4 is 16.0 Å². The van der Waals surface area contributed by atoms with Gasteiger partial charge in [0, 0.05) is 45.4 Å². The topological polar surface area (TPSA) is 595 Å². The van der Waals surface area contributed by atoms with Gasteiger partial charge in [0.05, 0.1) is 82.2 Å². The monoisotopic (exact) mass is 1680 g/mol. The van der Waals surface area contributed by atoms with Crippen molar-refractivity contribution in [2.24, 2.45) is 5.92 Å². The number of aliphatic hydroxyl groups excluding tert-OH is 16. The zero-order valence-corrected chi connectivity index (χ0v) is 68.2. The van der Waals surface area contributed by atoms with E-state index in [2.05, 4.69) is 29.8 Å². The molecule has 5 fully saturated rings. The van der Waals surface area contributed by atoms with Gasteiger partial charge in [-0.2, -0.15) is 0 Å². The lowest BCUT2D eigenvalue weighted by atomic mass is 9.86. The predicted octanol–water partition coefficient (Wildman–Crippen LogP) is -0.378. The summed E-state index contributed by atoms with van der Waals surface area (Å²) >= 11 is 0. The summed E-state index contributed by atoms with van der Waals surface area (Å²) < 4.78 is 60.2. The minimum Gasteiger partial charge on any atom is -0.477 e. The number of Topliss-reactive ketones (excluding diaryl/α,β-unsaturated/α-hetero) is 1. The molecule has 5 rings (SSSR count). The van der Waals surface area contributed by atoms with E-state index in [0.29, 0.717) is 12.8 Å². The normalized spacial score (nSPS) is 33.3. The van der Waals surface area contributed by atoms with E-state index in [1.807, 2.05) is 0 Å². The Morgan fingerprint density at radius 2 is 0.888 bits per heavy atom. The smallest absolute Gasteiger partial charge is 0.364 e. The summed E-state index contributed by atoms with van der Waals surface area (Å²) in [5.41, 5.74) is 0. The first kappa shape index (κ1) is 103. The highest BCUT2D eigenvalue weighted by Crippen LogP contribution is 2.43. The summed E-state index contributed by atoms with van der Waals surface area (Å²) in [4.78, 5) is 79.2. The molecule has 21 N–H and O–H groups in total. The van der Waals surface area contributed by atoms with Crippen molar-refractivity contribution in [1.82, 2.24) is 16.0 Å². The average molecular weight is 1680 g/mol. The van der Waals surface area contributed by atoms with Gasteiger partial charge in [-0.3, -0.25) is 14.4 Å². The standard InChI is InChI=1S/C79H141N3O34/c1-6-8-10-12-14-16-18-20-21-23-25-27-29-31-33-35-58(95)82-49(50(91)34-32-30-28-26-24-22-19-17-15-13-11-9-7-2)44-107-74-66(101)65(100)68(56(42-86)109-74)111-75-67(102)72(69(57(43-87)110-75)112-73-48(36-45(3)88)61(96)63(98)54(40-84)108-73)116-79(77(105)106)38-52(93)60(81-47(5)90)71(115-79)64(99)55(41-85)113-78(76(103)104)37-51(92)59(80-46(4)89)70(114-78)62(97)53(94)39-83/h48-57,59-75,83-87,91-94,96-102H,6-44H2,1-5H3,(H,80,89)(H,81,90)(H,82,95)(H,103,104)(H,105,106). The molecule has 0 radical (unpaired) electrons. The van der Waals surface area contributed by atoms with Crippen LogP contribution in [0.25, 0.3) is 0 Å². The number of hydrogen-bond acceptors (Lipinski definition) is 32. The number of hydrogen-bond donors (Lipinski definition) is 21. The summed E-state index contributed by atoms with van der Waals surface area (Å²) in [7, 11) is 0. The molecule has 0 aromatic carbocycles. The van der Waals surface area contributed by atoms with Crippen molar-refractivity contribution in [3.8, 4) is 0 Å². The number of carbonyl (C=O) groups excluding carboxylic acids is 4. The number of carbonyl (C=O) groups is 6. The highest BCUT2D eigenvalue weighted by atomic mass is 16.8. The fourth-order valence-electron chi connectivity index (χ4n) is 16.0. The number of amides is 3. The van der Waals surface area contributed by atoms with E-state index in [-0.39, 0.29) is 18.7 Å². The largest absolute Gasteiger partial charge is 0.477 e. The summed E-state index contributed by atoms with van der Waals surface area (Å²) in [6.45, 7) is 0.793. The van der Waals surface area contributed by atoms with E-state index < -0.39 is 265 Å². The molecule has 37 nitrogen and oxygen atoms in total. The number of carboxylic acids is 2. The van der Waals surface area contributed by atoms with Gasteiger partial charge < -0.3 is 160 Å². The Balaban J connectivity index is 1.43. The van der Waals surface area contributed by atoms with Gasteiger partial charge in [0.25, 0.3) is 11.6 Å². The number of nitrogens with one attached hydrogen (secondary N) is 3. The first-order valence-corrected chi connectivity index (χ1v) is 42.3. The van der Waals surface area contributed by atoms with Crippen molar-refractivity contribution in [1.29, 1.82) is 0 Å². The number of aliphatic carboxylic acids is 2. The Morgan fingerprint density at radius 3 is 1.34 bits per heavy atom. The van der Waals surface area contributed by atoms with E-state index in [1.165, 1.54) is 103 Å². The highest BCUT2D eigenvalue weighted by Gasteiger charge is 2.64. The molecule has 0 spiro atoms. The van der Waals surface area contributed by atoms with Crippen LogP contribution in [-0.4, -0.2) is 338 Å². The predicted molar refractivity (Wildman–Crippen MR) is 408 cm³/mol.